The second-order valence-corrected chi connectivity index (χ2v) is 17.4. The van der Waals surface area contributed by atoms with E-state index < -0.39 is 47.3 Å². The average molecular weight is 841 g/mol. The zero-order chi connectivity index (χ0) is 43.2. The first-order valence-corrected chi connectivity index (χ1v) is 22.4. The van der Waals surface area contributed by atoms with E-state index in [0.29, 0.717) is 25.1 Å². The summed E-state index contributed by atoms with van der Waals surface area (Å²) >= 11 is 0. The first-order chi connectivity index (χ1) is 27.7. The number of aromatic hydroxyl groups is 1. The second-order valence-electron chi connectivity index (χ2n) is 14.4. The van der Waals surface area contributed by atoms with Crippen LogP contribution in [0.3, 0.4) is 0 Å². The Balaban J connectivity index is 2.57. The van der Waals surface area contributed by atoms with E-state index in [1.807, 2.05) is 6.08 Å². The van der Waals surface area contributed by atoms with E-state index in [1.54, 1.807) is 39.8 Å². The zero-order valence-corrected chi connectivity index (χ0v) is 36.9. The minimum absolute atomic E-state index is 0.0561. The molecule has 13 heteroatoms. The predicted molar refractivity (Wildman–Crippen MR) is 242 cm³/mol. The number of carbonyl (C=O) groups is 4. The topological polar surface area (TPSA) is 177 Å². The molecular weight excluding hydrogens is 773 g/mol. The number of aliphatic hydroxyl groups excluding tert-OH is 2. The zero-order valence-electron chi connectivity index (χ0n) is 35.3. The van der Waals surface area contributed by atoms with Crippen LogP contribution in [0.1, 0.15) is 95.8 Å². The number of nitrogens with one attached hydrogen (secondary N) is 4. The molecule has 4 amide bonds. The molecule has 3 atom stereocenters. The van der Waals surface area contributed by atoms with E-state index in [1.165, 1.54) is 28.5 Å². The molecule has 0 saturated carbocycles. The summed E-state index contributed by atoms with van der Waals surface area (Å²) in [5.41, 5.74) is 2.28. The number of rotatable bonds is 29. The predicted octanol–water partition coefficient (Wildman–Crippen LogP) is 6.76. The number of allylic oxidation sites excluding steroid dienone is 12. The molecule has 7 N–H and O–H groups in total. The van der Waals surface area contributed by atoms with Gasteiger partial charge in [0.1, 0.15) is 17.8 Å². The quantitative estimate of drug-likeness (QED) is 0.0261. The summed E-state index contributed by atoms with van der Waals surface area (Å²) in [6.07, 6.45) is 31.4. The fraction of sp³-hybridized carbons (Fsp3) is 0.511. The van der Waals surface area contributed by atoms with Gasteiger partial charge in [-0.1, -0.05) is 101 Å². The van der Waals surface area contributed by atoms with Gasteiger partial charge >= 0.3 is 0 Å². The highest BCUT2D eigenvalue weighted by atomic mass is 33.1. The smallest absolute Gasteiger partial charge is 0.244 e. The van der Waals surface area contributed by atoms with Gasteiger partial charge in [-0.2, -0.15) is 0 Å². The van der Waals surface area contributed by atoms with Crippen LogP contribution in [0.25, 0.3) is 0 Å². The van der Waals surface area contributed by atoms with Crippen molar-refractivity contribution in [3.8, 4) is 5.75 Å². The molecule has 3 unspecified atom stereocenters. The number of benzene rings is 1. The molecule has 0 spiro atoms. The molecular formula is C45H68N4O7S2. The van der Waals surface area contributed by atoms with Crippen LogP contribution in [-0.2, 0) is 25.6 Å². The molecule has 322 valence electrons. The summed E-state index contributed by atoms with van der Waals surface area (Å²) in [5, 5.41) is 40.1. The average Bonchev–Trinajstić information content (AvgIpc) is 3.17. The largest absolute Gasteiger partial charge is 0.508 e. The van der Waals surface area contributed by atoms with Gasteiger partial charge in [0.05, 0.1) is 12.7 Å². The Morgan fingerprint density at radius 3 is 1.79 bits per heavy atom. The number of amides is 4. The van der Waals surface area contributed by atoms with Gasteiger partial charge < -0.3 is 36.6 Å². The number of hydrogen-bond donors (Lipinski definition) is 7. The van der Waals surface area contributed by atoms with Crippen LogP contribution in [0.15, 0.2) is 85.0 Å². The number of carbonyl (C=O) groups excluding carboxylic acids is 4. The highest BCUT2D eigenvalue weighted by Gasteiger charge is 2.39. The molecule has 0 aromatic heterocycles. The molecule has 0 radical (unpaired) electrons. The normalized spacial score (nSPS) is 13.9. The number of phenolic OH excluding ortho intramolecular Hbond substituents is 1. The summed E-state index contributed by atoms with van der Waals surface area (Å²) in [6.45, 7) is 10.3. The highest BCUT2D eigenvalue weighted by molar-refractivity contribution is 8.77. The lowest BCUT2D eigenvalue weighted by molar-refractivity contribution is -0.132. The van der Waals surface area contributed by atoms with Gasteiger partial charge in [-0.25, -0.2) is 0 Å². The third-order valence-electron chi connectivity index (χ3n) is 8.67. The minimum atomic E-state index is -1.18. The number of aryl methyl sites for hydroxylation is 2. The lowest BCUT2D eigenvalue weighted by Crippen LogP contribution is -2.60. The maximum atomic E-state index is 13.7. The van der Waals surface area contributed by atoms with Crippen LogP contribution < -0.4 is 21.3 Å². The number of phenols is 1. The Kier molecular flexibility index (Phi) is 27.7. The fourth-order valence-electron chi connectivity index (χ4n) is 5.55. The van der Waals surface area contributed by atoms with E-state index in [9.17, 15) is 34.5 Å². The first kappa shape index (κ1) is 52.0. The standard InChI is InChI=1S/C45H68N4O7S2/c1-7-8-9-10-11-12-13-14-15-16-17-18-19-20-21-22-23-24-25-26-41(54)46-27-28-57-58-45(5,6)42(44(56)47-32-38(53)33-50)49-43(55)40(48-36(4)51)31-39-34(2)29-37(52)30-35(39)3/h8-9,11-12,14-15,17-18,20-21,23-24,29-30,38,40,42,50,52-53H,7,10,13,16,19,22,25-28,31-33H2,1-6H3,(H,46,54)(H,47,56)(H,48,51)(H,49,55)/b9-8-,12-11-,15-14-,18-17-,21-20-,24-23-. The van der Waals surface area contributed by atoms with E-state index >= 15 is 0 Å². The maximum Gasteiger partial charge on any atom is 0.244 e. The van der Waals surface area contributed by atoms with Crippen LogP contribution >= 0.6 is 21.6 Å². The van der Waals surface area contributed by atoms with E-state index in [-0.39, 0.29) is 24.6 Å². The maximum absolute atomic E-state index is 13.7. The van der Waals surface area contributed by atoms with Crippen LogP contribution in [0.5, 0.6) is 5.75 Å². The van der Waals surface area contributed by atoms with Crippen molar-refractivity contribution < 1.29 is 34.5 Å². The van der Waals surface area contributed by atoms with Gasteiger partial charge in [0, 0.05) is 43.4 Å². The Morgan fingerprint density at radius 1 is 0.776 bits per heavy atom. The van der Waals surface area contributed by atoms with Crippen molar-refractivity contribution in [2.45, 2.75) is 122 Å². The fourth-order valence-corrected chi connectivity index (χ4v) is 8.08. The van der Waals surface area contributed by atoms with Crippen LogP contribution in [-0.4, -0.2) is 87.3 Å². The molecule has 0 saturated heterocycles. The van der Waals surface area contributed by atoms with Crippen molar-refractivity contribution in [1.82, 2.24) is 21.3 Å². The van der Waals surface area contributed by atoms with Crippen molar-refractivity contribution in [2.75, 3.05) is 25.4 Å². The molecule has 1 rings (SSSR count). The van der Waals surface area contributed by atoms with Gasteiger partial charge in [-0.15, -0.1) is 0 Å². The lowest BCUT2D eigenvalue weighted by atomic mass is 9.94. The molecule has 0 aliphatic rings. The Morgan fingerprint density at radius 2 is 1.29 bits per heavy atom. The molecule has 0 aliphatic heterocycles. The summed E-state index contributed by atoms with van der Waals surface area (Å²) in [7, 11) is 2.80. The summed E-state index contributed by atoms with van der Waals surface area (Å²) in [4.78, 5) is 51.7. The van der Waals surface area contributed by atoms with E-state index in [2.05, 4.69) is 95.0 Å². The van der Waals surface area contributed by atoms with Crippen molar-refractivity contribution in [2.24, 2.45) is 0 Å². The Labute approximate surface area is 354 Å². The van der Waals surface area contributed by atoms with E-state index in [0.717, 1.165) is 55.2 Å². The SMILES string of the molecule is CC/C=C\C/C=C\C/C=C\C/C=C\C/C=C\C/C=C\CCC(=O)NCCSSC(C)(C)C(NC(=O)C(Cc1c(C)cc(O)cc1C)NC(C)=O)C(=O)NCC(O)CO. The van der Waals surface area contributed by atoms with Crippen LogP contribution in [0, 0.1) is 13.8 Å². The van der Waals surface area contributed by atoms with Crippen molar-refractivity contribution in [1.29, 1.82) is 0 Å². The highest BCUT2D eigenvalue weighted by Crippen LogP contribution is 2.38. The Hall–Kier alpha value is -4.04. The van der Waals surface area contributed by atoms with Crippen molar-refractivity contribution in [3.63, 3.8) is 0 Å². The second kappa shape index (κ2) is 31.0. The lowest BCUT2D eigenvalue weighted by Gasteiger charge is -2.34. The van der Waals surface area contributed by atoms with Crippen LogP contribution in [0.4, 0.5) is 0 Å². The van der Waals surface area contributed by atoms with Crippen molar-refractivity contribution in [3.05, 3.63) is 102 Å². The molecule has 58 heavy (non-hydrogen) atoms. The van der Waals surface area contributed by atoms with E-state index in [4.69, 9.17) is 0 Å². The van der Waals surface area contributed by atoms with Gasteiger partial charge in [0.15, 0.2) is 0 Å². The summed E-state index contributed by atoms with van der Waals surface area (Å²) in [5.74, 6) is -0.996. The first-order valence-electron chi connectivity index (χ1n) is 20.1. The molecule has 1 aromatic carbocycles. The monoisotopic (exact) mass is 840 g/mol. The molecule has 11 nitrogen and oxygen atoms in total. The number of hydrogen-bond acceptors (Lipinski definition) is 9. The number of aliphatic hydroxyl groups is 2. The molecule has 0 heterocycles. The van der Waals surface area contributed by atoms with Crippen molar-refractivity contribution >= 4 is 45.2 Å². The van der Waals surface area contributed by atoms with Gasteiger partial charge in [-0.05, 0) is 101 Å². The molecule has 1 aromatic rings. The third kappa shape index (κ3) is 24.0. The minimum Gasteiger partial charge on any atom is -0.508 e. The molecule has 0 aliphatic carbocycles. The Bertz CT molecular complexity index is 1560. The van der Waals surface area contributed by atoms with Gasteiger partial charge in [0.25, 0.3) is 0 Å². The third-order valence-corrected chi connectivity index (χ3v) is 12.0. The summed E-state index contributed by atoms with van der Waals surface area (Å²) in [6, 6.07) is 1.05. The summed E-state index contributed by atoms with van der Waals surface area (Å²) < 4.78 is -0.889. The molecule has 0 bridgehead atoms. The van der Waals surface area contributed by atoms with Gasteiger partial charge in [-0.3, -0.25) is 19.2 Å². The van der Waals surface area contributed by atoms with Gasteiger partial charge in [0.2, 0.25) is 23.6 Å². The van der Waals surface area contributed by atoms with Crippen LogP contribution in [0.2, 0.25) is 0 Å². The molecule has 0 fully saturated rings.